The second-order valence-corrected chi connectivity index (χ2v) is 5.79. The first-order valence-corrected chi connectivity index (χ1v) is 9.23. The summed E-state index contributed by atoms with van der Waals surface area (Å²) in [5.41, 5.74) is 2.37. The molecule has 5 nitrogen and oxygen atoms in total. The summed E-state index contributed by atoms with van der Waals surface area (Å²) in [5, 5.41) is 3.87. The molecule has 1 aliphatic heterocycles. The Morgan fingerprint density at radius 1 is 1.12 bits per heavy atom. The molecule has 5 heteroatoms. The molecule has 0 aromatic carbocycles. The van der Waals surface area contributed by atoms with Crippen molar-refractivity contribution in [3.05, 3.63) is 41.9 Å². The van der Waals surface area contributed by atoms with Crippen LogP contribution in [0.2, 0.25) is 0 Å². The van der Waals surface area contributed by atoms with Crippen molar-refractivity contribution < 1.29 is 9.26 Å². The minimum atomic E-state index is 0.712. The fraction of sp³-hybridized carbons (Fsp3) is 0.632. The van der Waals surface area contributed by atoms with Crippen LogP contribution >= 0.6 is 0 Å². The van der Waals surface area contributed by atoms with Crippen LogP contribution in [0.1, 0.15) is 32.4 Å². The van der Waals surface area contributed by atoms with E-state index in [1.165, 1.54) is 18.5 Å². The maximum atomic E-state index is 5.69. The van der Waals surface area contributed by atoms with Crippen LogP contribution in [0, 0.1) is 0 Å². The number of piperazine rings is 1. The first-order chi connectivity index (χ1) is 11.9. The lowest BCUT2D eigenvalue weighted by Crippen LogP contribution is -2.46. The smallest absolute Gasteiger partial charge is 0.124 e. The zero-order chi connectivity index (χ0) is 17.0. The molecule has 3 rings (SSSR count). The van der Waals surface area contributed by atoms with Gasteiger partial charge in [-0.2, -0.15) is 0 Å². The topological polar surface area (TPSA) is 41.7 Å². The molecule has 134 valence electrons. The van der Waals surface area contributed by atoms with Crippen LogP contribution in [0.25, 0.3) is 0 Å². The van der Waals surface area contributed by atoms with Gasteiger partial charge < -0.3 is 14.2 Å². The molecule has 2 heterocycles. The van der Waals surface area contributed by atoms with E-state index in [1.54, 1.807) is 6.26 Å². The van der Waals surface area contributed by atoms with Crippen LogP contribution in [0.5, 0.6) is 0 Å². The molecule has 1 fully saturated rings. The van der Waals surface area contributed by atoms with E-state index in [2.05, 4.69) is 33.2 Å². The van der Waals surface area contributed by atoms with Crippen molar-refractivity contribution in [2.24, 2.45) is 0 Å². The zero-order valence-electron chi connectivity index (χ0n) is 15.1. The molecule has 0 amide bonds. The third-order valence-electron chi connectivity index (χ3n) is 4.26. The summed E-state index contributed by atoms with van der Waals surface area (Å²) >= 11 is 0. The third kappa shape index (κ3) is 6.13. The fourth-order valence-corrected chi connectivity index (χ4v) is 2.90. The van der Waals surface area contributed by atoms with Crippen molar-refractivity contribution in [2.45, 2.75) is 33.1 Å². The van der Waals surface area contributed by atoms with Gasteiger partial charge in [-0.1, -0.05) is 31.2 Å². The van der Waals surface area contributed by atoms with Gasteiger partial charge in [0.2, 0.25) is 0 Å². The highest BCUT2D eigenvalue weighted by molar-refractivity contribution is 5.21. The van der Waals surface area contributed by atoms with Crippen LogP contribution in [-0.2, 0) is 11.2 Å². The Balaban J connectivity index is 0.00000100. The van der Waals surface area contributed by atoms with Crippen LogP contribution in [0.4, 0.5) is 0 Å². The van der Waals surface area contributed by atoms with Gasteiger partial charge in [0, 0.05) is 50.9 Å². The summed E-state index contributed by atoms with van der Waals surface area (Å²) < 4.78 is 10.5. The minimum Gasteiger partial charge on any atom is -0.380 e. The van der Waals surface area contributed by atoms with Crippen LogP contribution in [0.15, 0.2) is 40.8 Å². The zero-order valence-corrected chi connectivity index (χ0v) is 15.1. The van der Waals surface area contributed by atoms with Gasteiger partial charge >= 0.3 is 0 Å². The van der Waals surface area contributed by atoms with E-state index in [-0.39, 0.29) is 0 Å². The Bertz CT molecular complexity index is 489. The van der Waals surface area contributed by atoms with Gasteiger partial charge in [-0.25, -0.2) is 0 Å². The Morgan fingerprint density at radius 2 is 1.96 bits per heavy atom. The summed E-state index contributed by atoms with van der Waals surface area (Å²) in [6.45, 7) is 11.0. The van der Waals surface area contributed by atoms with E-state index in [0.717, 1.165) is 51.4 Å². The van der Waals surface area contributed by atoms with Crippen molar-refractivity contribution in [3.8, 4) is 0 Å². The molecule has 0 N–H and O–H groups in total. The average Bonchev–Trinajstić information content (AvgIpc) is 3.18. The minimum absolute atomic E-state index is 0.712. The van der Waals surface area contributed by atoms with Crippen molar-refractivity contribution in [1.29, 1.82) is 0 Å². The van der Waals surface area contributed by atoms with Gasteiger partial charge in [0.1, 0.15) is 6.26 Å². The third-order valence-corrected chi connectivity index (χ3v) is 4.26. The second-order valence-electron chi connectivity index (χ2n) is 5.79. The largest absolute Gasteiger partial charge is 0.380 e. The fourth-order valence-electron chi connectivity index (χ4n) is 2.90. The lowest BCUT2D eigenvalue weighted by molar-refractivity contribution is 0.0849. The number of aromatic nitrogens is 1. The highest BCUT2D eigenvalue weighted by Gasteiger charge is 2.17. The summed E-state index contributed by atoms with van der Waals surface area (Å²) in [6.07, 6.45) is 11.7. The second kappa shape index (κ2) is 11.0. The molecule has 0 spiro atoms. The van der Waals surface area contributed by atoms with Gasteiger partial charge in [0.25, 0.3) is 0 Å². The van der Waals surface area contributed by atoms with Gasteiger partial charge in [0.05, 0.1) is 18.9 Å². The maximum absolute atomic E-state index is 5.69. The molecule has 0 unspecified atom stereocenters. The molecule has 0 saturated carbocycles. The van der Waals surface area contributed by atoms with Crippen molar-refractivity contribution in [3.63, 3.8) is 0 Å². The van der Waals surface area contributed by atoms with Crippen molar-refractivity contribution in [1.82, 2.24) is 15.0 Å². The SMILES string of the molecule is C1=CC(N2CCN(CCOCCc3ccon3)CC2)=CCC1.CC. The highest BCUT2D eigenvalue weighted by atomic mass is 16.5. The Morgan fingerprint density at radius 3 is 2.62 bits per heavy atom. The van der Waals surface area contributed by atoms with Crippen molar-refractivity contribution >= 4 is 0 Å². The van der Waals surface area contributed by atoms with E-state index in [9.17, 15) is 0 Å². The lowest BCUT2D eigenvalue weighted by atomic mass is 10.1. The molecule has 1 aromatic rings. The number of allylic oxidation sites excluding steroid dienone is 3. The monoisotopic (exact) mass is 333 g/mol. The van der Waals surface area contributed by atoms with Gasteiger partial charge in [-0.15, -0.1) is 0 Å². The standard InChI is InChI=1S/C17H25N3O2.C2H6/c1-2-4-17(5-3-1)20-10-8-19(9-11-20)12-15-21-13-6-16-7-14-22-18-16;1-2/h2,4-5,7,14H,1,3,6,8-13,15H2;1-2H3. The molecular weight excluding hydrogens is 302 g/mol. The van der Waals surface area contributed by atoms with E-state index >= 15 is 0 Å². The molecule has 0 bridgehead atoms. The summed E-state index contributed by atoms with van der Waals surface area (Å²) in [4.78, 5) is 4.98. The van der Waals surface area contributed by atoms with Crippen molar-refractivity contribution in [2.75, 3.05) is 45.9 Å². The molecule has 0 atom stereocenters. The molecule has 1 saturated heterocycles. The molecule has 1 aromatic heterocycles. The summed E-state index contributed by atoms with van der Waals surface area (Å²) in [5.74, 6) is 0. The molecular formula is C19H31N3O2. The van der Waals surface area contributed by atoms with E-state index < -0.39 is 0 Å². The molecule has 24 heavy (non-hydrogen) atoms. The van der Waals surface area contributed by atoms with E-state index in [1.807, 2.05) is 19.9 Å². The molecule has 0 radical (unpaired) electrons. The first kappa shape index (κ1) is 18.7. The Kier molecular flexibility index (Phi) is 8.63. The quantitative estimate of drug-likeness (QED) is 0.717. The maximum Gasteiger partial charge on any atom is 0.124 e. The van der Waals surface area contributed by atoms with Crippen LogP contribution in [0.3, 0.4) is 0 Å². The predicted octanol–water partition coefficient (Wildman–Crippen LogP) is 3.11. The lowest BCUT2D eigenvalue weighted by Gasteiger charge is -2.37. The van der Waals surface area contributed by atoms with Gasteiger partial charge in [0.15, 0.2) is 0 Å². The highest BCUT2D eigenvalue weighted by Crippen LogP contribution is 2.16. The summed E-state index contributed by atoms with van der Waals surface area (Å²) in [7, 11) is 0. The van der Waals surface area contributed by atoms with Gasteiger partial charge in [-0.05, 0) is 18.9 Å². The number of hydrogen-bond acceptors (Lipinski definition) is 5. The number of rotatable bonds is 7. The Hall–Kier alpha value is -1.59. The summed E-state index contributed by atoms with van der Waals surface area (Å²) in [6, 6.07) is 1.89. The predicted molar refractivity (Wildman–Crippen MR) is 96.8 cm³/mol. The molecule has 1 aliphatic carbocycles. The number of ether oxygens (including phenoxy) is 1. The number of nitrogens with zero attached hydrogens (tertiary/aromatic N) is 3. The number of hydrogen-bond donors (Lipinski definition) is 0. The van der Waals surface area contributed by atoms with Crippen LogP contribution < -0.4 is 0 Å². The molecule has 2 aliphatic rings. The first-order valence-electron chi connectivity index (χ1n) is 9.23. The van der Waals surface area contributed by atoms with E-state index in [4.69, 9.17) is 9.26 Å². The van der Waals surface area contributed by atoms with Gasteiger partial charge in [-0.3, -0.25) is 4.90 Å². The average molecular weight is 333 g/mol. The van der Waals surface area contributed by atoms with Crippen LogP contribution in [-0.4, -0.2) is 60.9 Å². The van der Waals surface area contributed by atoms with E-state index in [0.29, 0.717) is 6.61 Å². The Labute approximate surface area is 145 Å². The normalized spacial score (nSPS) is 18.1.